The number of hydrogen-bond acceptors (Lipinski definition) is 5. The van der Waals surface area contributed by atoms with E-state index in [4.69, 9.17) is 10.5 Å². The largest absolute Gasteiger partial charge is 0.494 e. The fraction of sp³-hybridized carbons (Fsp3) is 0.533. The Morgan fingerprint density at radius 3 is 2.67 bits per heavy atom. The number of rotatable bonds is 4. The molecule has 6 nitrogen and oxygen atoms in total. The van der Waals surface area contributed by atoms with Gasteiger partial charge in [0.2, 0.25) is 0 Å². The van der Waals surface area contributed by atoms with E-state index in [0.29, 0.717) is 23.2 Å². The van der Waals surface area contributed by atoms with Crippen LogP contribution in [-0.4, -0.2) is 27.3 Å². The predicted octanol–water partition coefficient (Wildman–Crippen LogP) is 2.61. The second-order valence-electron chi connectivity index (χ2n) is 6.38. The van der Waals surface area contributed by atoms with Crippen molar-refractivity contribution in [2.24, 2.45) is 11.3 Å². The molecule has 21 heavy (non-hydrogen) atoms. The van der Waals surface area contributed by atoms with Crippen molar-refractivity contribution < 1.29 is 4.74 Å². The fourth-order valence-corrected chi connectivity index (χ4v) is 2.01. The van der Waals surface area contributed by atoms with Gasteiger partial charge in [-0.05, 0) is 33.9 Å². The predicted molar refractivity (Wildman–Crippen MR) is 82.8 cm³/mol. The molecule has 0 spiro atoms. The first-order chi connectivity index (χ1) is 9.84. The second kappa shape index (κ2) is 5.71. The summed E-state index contributed by atoms with van der Waals surface area (Å²) in [6, 6.07) is 5.59. The molecule has 2 N–H and O–H groups in total. The van der Waals surface area contributed by atoms with Crippen LogP contribution in [0.2, 0.25) is 0 Å². The molecule has 1 aromatic heterocycles. The Kier molecular flexibility index (Phi) is 4.16. The number of ether oxygens (including phenoxy) is 1. The Bertz CT molecular complexity index is 615. The summed E-state index contributed by atoms with van der Waals surface area (Å²) in [5.41, 5.74) is 7.53. The van der Waals surface area contributed by atoms with Gasteiger partial charge < -0.3 is 10.5 Å². The average Bonchev–Trinajstić information content (AvgIpc) is 2.85. The molecule has 1 heterocycles. The molecule has 0 fully saturated rings. The maximum Gasteiger partial charge on any atom is 0.185 e. The molecule has 1 unspecified atom stereocenters. The van der Waals surface area contributed by atoms with Gasteiger partial charge in [0.05, 0.1) is 18.4 Å². The van der Waals surface area contributed by atoms with Crippen molar-refractivity contribution in [3.63, 3.8) is 0 Å². The number of benzene rings is 1. The molecular weight excluding hydrogens is 266 g/mol. The summed E-state index contributed by atoms with van der Waals surface area (Å²) in [5, 5.41) is 12.1. The number of aromatic nitrogens is 4. The van der Waals surface area contributed by atoms with Crippen molar-refractivity contribution in [1.82, 2.24) is 20.2 Å². The number of nitrogen functional groups attached to an aromatic ring is 1. The smallest absolute Gasteiger partial charge is 0.185 e. The van der Waals surface area contributed by atoms with Gasteiger partial charge in [0.15, 0.2) is 11.6 Å². The third kappa shape index (κ3) is 3.15. The zero-order valence-corrected chi connectivity index (χ0v) is 13.3. The van der Waals surface area contributed by atoms with Crippen molar-refractivity contribution in [1.29, 1.82) is 0 Å². The quantitative estimate of drug-likeness (QED) is 0.875. The van der Waals surface area contributed by atoms with E-state index in [1.807, 2.05) is 16.8 Å². The van der Waals surface area contributed by atoms with E-state index in [1.54, 1.807) is 13.2 Å². The summed E-state index contributed by atoms with van der Waals surface area (Å²) in [6.07, 6.45) is 0. The van der Waals surface area contributed by atoms with Gasteiger partial charge in [-0.2, -0.15) is 0 Å². The monoisotopic (exact) mass is 289 g/mol. The van der Waals surface area contributed by atoms with Crippen LogP contribution in [0.1, 0.15) is 27.7 Å². The minimum absolute atomic E-state index is 0.184. The highest BCUT2D eigenvalue weighted by molar-refractivity contribution is 5.73. The Morgan fingerprint density at radius 1 is 1.33 bits per heavy atom. The first kappa shape index (κ1) is 15.3. The highest BCUT2D eigenvalue weighted by atomic mass is 16.5. The number of anilines is 1. The third-order valence-electron chi connectivity index (χ3n) is 3.95. The molecule has 114 valence electrons. The molecule has 0 bridgehead atoms. The fourth-order valence-electron chi connectivity index (χ4n) is 2.01. The highest BCUT2D eigenvalue weighted by Crippen LogP contribution is 2.34. The summed E-state index contributed by atoms with van der Waals surface area (Å²) < 4.78 is 7.21. The van der Waals surface area contributed by atoms with Crippen molar-refractivity contribution in [3.8, 4) is 17.1 Å². The SMILES string of the molecule is COc1c(N)cccc1-c1nnnn1CC(C)C(C)(C)C. The topological polar surface area (TPSA) is 78.8 Å². The maximum atomic E-state index is 5.96. The lowest BCUT2D eigenvalue weighted by Crippen LogP contribution is -2.23. The van der Waals surface area contributed by atoms with E-state index in [-0.39, 0.29) is 5.41 Å². The van der Waals surface area contributed by atoms with Crippen LogP contribution in [0.3, 0.4) is 0 Å². The molecule has 0 aliphatic carbocycles. The first-order valence-electron chi connectivity index (χ1n) is 7.03. The molecule has 0 amide bonds. The number of nitrogens with zero attached hydrogens (tertiary/aromatic N) is 4. The number of nitrogens with two attached hydrogens (primary N) is 1. The first-order valence-corrected chi connectivity index (χ1v) is 7.03. The van der Waals surface area contributed by atoms with Gasteiger partial charge in [0, 0.05) is 6.54 Å². The van der Waals surface area contributed by atoms with Crippen LogP contribution in [0, 0.1) is 11.3 Å². The summed E-state index contributed by atoms with van der Waals surface area (Å²) in [5.74, 6) is 1.71. The van der Waals surface area contributed by atoms with Crippen molar-refractivity contribution in [3.05, 3.63) is 18.2 Å². The Balaban J connectivity index is 2.40. The normalized spacial score (nSPS) is 13.2. The molecule has 6 heteroatoms. The Hall–Kier alpha value is -2.11. The van der Waals surface area contributed by atoms with Gasteiger partial charge >= 0.3 is 0 Å². The molecule has 0 aliphatic rings. The second-order valence-corrected chi connectivity index (χ2v) is 6.38. The van der Waals surface area contributed by atoms with Gasteiger partial charge in [0.25, 0.3) is 0 Å². The van der Waals surface area contributed by atoms with Gasteiger partial charge in [-0.3, -0.25) is 0 Å². The van der Waals surface area contributed by atoms with E-state index < -0.39 is 0 Å². The van der Waals surface area contributed by atoms with E-state index in [0.717, 1.165) is 12.1 Å². The summed E-state index contributed by atoms with van der Waals surface area (Å²) in [4.78, 5) is 0. The zero-order valence-electron chi connectivity index (χ0n) is 13.3. The standard InChI is InChI=1S/C15H23N5O/c1-10(15(2,3)4)9-20-14(17-18-19-20)11-7-6-8-12(16)13(11)21-5/h6-8,10H,9,16H2,1-5H3. The Labute approximate surface area is 125 Å². The van der Waals surface area contributed by atoms with Crippen molar-refractivity contribution >= 4 is 5.69 Å². The molecule has 1 aromatic carbocycles. The molecule has 0 saturated heterocycles. The van der Waals surface area contributed by atoms with Crippen LogP contribution in [0.5, 0.6) is 5.75 Å². The van der Waals surface area contributed by atoms with Crippen LogP contribution in [0.4, 0.5) is 5.69 Å². The lowest BCUT2D eigenvalue weighted by atomic mass is 9.82. The van der Waals surface area contributed by atoms with Crippen molar-refractivity contribution in [2.45, 2.75) is 34.2 Å². The minimum atomic E-state index is 0.184. The third-order valence-corrected chi connectivity index (χ3v) is 3.95. The summed E-state index contributed by atoms with van der Waals surface area (Å²) in [7, 11) is 1.60. The zero-order chi connectivity index (χ0) is 15.6. The van der Waals surface area contributed by atoms with Crippen LogP contribution in [-0.2, 0) is 6.54 Å². The van der Waals surface area contributed by atoms with Gasteiger partial charge in [0.1, 0.15) is 0 Å². The summed E-state index contributed by atoms with van der Waals surface area (Å²) >= 11 is 0. The van der Waals surface area contributed by atoms with Crippen molar-refractivity contribution in [2.75, 3.05) is 12.8 Å². The van der Waals surface area contributed by atoms with Gasteiger partial charge in [-0.15, -0.1) is 5.10 Å². The average molecular weight is 289 g/mol. The van der Waals surface area contributed by atoms with E-state index in [1.165, 1.54) is 0 Å². The van der Waals surface area contributed by atoms with Crippen LogP contribution in [0.15, 0.2) is 18.2 Å². The van der Waals surface area contributed by atoms with E-state index in [2.05, 4.69) is 43.2 Å². The van der Waals surface area contributed by atoms with Gasteiger partial charge in [-0.1, -0.05) is 33.8 Å². The molecule has 0 aliphatic heterocycles. The lowest BCUT2D eigenvalue weighted by molar-refractivity contribution is 0.225. The number of tetrazole rings is 1. The minimum Gasteiger partial charge on any atom is -0.494 e. The Morgan fingerprint density at radius 2 is 2.05 bits per heavy atom. The summed E-state index contributed by atoms with van der Waals surface area (Å²) in [6.45, 7) is 9.57. The molecule has 2 rings (SSSR count). The van der Waals surface area contributed by atoms with Crippen LogP contribution >= 0.6 is 0 Å². The molecule has 0 radical (unpaired) electrons. The number of hydrogen-bond donors (Lipinski definition) is 1. The number of methoxy groups -OCH3 is 1. The maximum absolute atomic E-state index is 5.96. The molecular formula is C15H23N5O. The highest BCUT2D eigenvalue weighted by Gasteiger charge is 2.23. The van der Waals surface area contributed by atoms with E-state index >= 15 is 0 Å². The number of para-hydroxylation sites is 1. The van der Waals surface area contributed by atoms with Crippen LogP contribution in [0.25, 0.3) is 11.4 Å². The molecule has 0 saturated carbocycles. The van der Waals surface area contributed by atoms with Gasteiger partial charge in [-0.25, -0.2) is 4.68 Å². The molecule has 1 atom stereocenters. The van der Waals surface area contributed by atoms with E-state index in [9.17, 15) is 0 Å². The lowest BCUT2D eigenvalue weighted by Gasteiger charge is -2.27. The molecule has 2 aromatic rings. The van der Waals surface area contributed by atoms with Crippen LogP contribution < -0.4 is 10.5 Å².